The van der Waals surface area contributed by atoms with Crippen LogP contribution in [0.3, 0.4) is 0 Å². The van der Waals surface area contributed by atoms with E-state index in [0.29, 0.717) is 18.1 Å². The number of hydrogen-bond acceptors (Lipinski definition) is 6. The van der Waals surface area contributed by atoms with E-state index in [2.05, 4.69) is 32.7 Å². The highest BCUT2D eigenvalue weighted by atomic mass is 16.5. The summed E-state index contributed by atoms with van der Waals surface area (Å²) in [5.74, 6) is 0.123. The van der Waals surface area contributed by atoms with Crippen LogP contribution in [0.2, 0.25) is 0 Å². The van der Waals surface area contributed by atoms with Crippen LogP contribution in [0, 0.1) is 0 Å². The molecule has 1 fully saturated rings. The summed E-state index contributed by atoms with van der Waals surface area (Å²) in [4.78, 5) is 20.3. The molecule has 1 aliphatic rings. The summed E-state index contributed by atoms with van der Waals surface area (Å²) in [6, 6.07) is 10.4. The lowest BCUT2D eigenvalue weighted by Gasteiger charge is -2.39. The number of benzene rings is 1. The van der Waals surface area contributed by atoms with Gasteiger partial charge in [0.15, 0.2) is 0 Å². The van der Waals surface area contributed by atoms with E-state index in [0.717, 1.165) is 25.9 Å². The van der Waals surface area contributed by atoms with Crippen molar-refractivity contribution < 1.29 is 9.53 Å². The molecular formula is C18H22N4O2. The number of nitrogens with one attached hydrogen (secondary N) is 2. The van der Waals surface area contributed by atoms with E-state index in [1.807, 2.05) is 18.2 Å². The van der Waals surface area contributed by atoms with Gasteiger partial charge < -0.3 is 15.4 Å². The van der Waals surface area contributed by atoms with Crippen LogP contribution in [0.1, 0.15) is 35.7 Å². The monoisotopic (exact) mass is 326 g/mol. The molecule has 2 heterocycles. The average molecular weight is 326 g/mol. The first-order valence-corrected chi connectivity index (χ1v) is 8.27. The molecule has 2 aromatic rings. The number of piperidine rings is 1. The Morgan fingerprint density at radius 1 is 1.21 bits per heavy atom. The van der Waals surface area contributed by atoms with Gasteiger partial charge in [0.25, 0.3) is 0 Å². The maximum atomic E-state index is 11.7. The molecule has 0 unspecified atom stereocenters. The molecule has 6 nitrogen and oxygen atoms in total. The molecule has 1 aromatic carbocycles. The van der Waals surface area contributed by atoms with Crippen molar-refractivity contribution in [2.24, 2.45) is 0 Å². The predicted octanol–water partition coefficient (Wildman–Crippen LogP) is 2.34. The fourth-order valence-corrected chi connectivity index (χ4v) is 3.02. The molecule has 0 amide bonds. The van der Waals surface area contributed by atoms with Crippen molar-refractivity contribution in [3.05, 3.63) is 53.9 Å². The number of hydrogen-bond donors (Lipinski definition) is 2. The Hall–Kier alpha value is -2.47. The van der Waals surface area contributed by atoms with E-state index in [1.54, 1.807) is 6.92 Å². The zero-order valence-corrected chi connectivity index (χ0v) is 13.8. The summed E-state index contributed by atoms with van der Waals surface area (Å²) < 4.78 is 4.96. The van der Waals surface area contributed by atoms with Crippen molar-refractivity contribution in [2.75, 3.05) is 25.0 Å². The second-order valence-electron chi connectivity index (χ2n) is 5.84. The van der Waals surface area contributed by atoms with Crippen molar-refractivity contribution in [1.82, 2.24) is 15.3 Å². The molecule has 2 N–H and O–H groups in total. The number of ether oxygens (including phenoxy) is 1. The standard InChI is InChI=1S/C18H22N4O2/c1-2-24-16(23)14-12-20-17(21-13-14)22-18(8-10-19-11-9-18)15-6-4-3-5-7-15/h3-7,12-13,19H,2,8-11H2,1H3,(H,20,21,22). The number of carbonyl (C=O) groups is 1. The molecule has 3 rings (SSSR count). The van der Waals surface area contributed by atoms with Gasteiger partial charge in [-0.2, -0.15) is 0 Å². The zero-order chi connectivity index (χ0) is 16.8. The Morgan fingerprint density at radius 2 is 1.88 bits per heavy atom. The molecular weight excluding hydrogens is 304 g/mol. The number of anilines is 1. The lowest BCUT2D eigenvalue weighted by Crippen LogP contribution is -2.45. The van der Waals surface area contributed by atoms with E-state index in [9.17, 15) is 4.79 Å². The Labute approximate surface area is 141 Å². The number of rotatable bonds is 5. The average Bonchev–Trinajstić information content (AvgIpc) is 2.64. The highest BCUT2D eigenvalue weighted by Gasteiger charge is 2.34. The fourth-order valence-electron chi connectivity index (χ4n) is 3.02. The number of esters is 1. The van der Waals surface area contributed by atoms with E-state index in [1.165, 1.54) is 18.0 Å². The van der Waals surface area contributed by atoms with E-state index in [4.69, 9.17) is 4.74 Å². The first kappa shape index (κ1) is 16.4. The zero-order valence-electron chi connectivity index (χ0n) is 13.8. The van der Waals surface area contributed by atoms with Gasteiger partial charge in [-0.15, -0.1) is 0 Å². The molecule has 1 aromatic heterocycles. The molecule has 126 valence electrons. The van der Waals surface area contributed by atoms with E-state index >= 15 is 0 Å². The van der Waals surface area contributed by atoms with E-state index in [-0.39, 0.29) is 5.54 Å². The Bertz CT molecular complexity index is 667. The van der Waals surface area contributed by atoms with Crippen LogP contribution in [0.5, 0.6) is 0 Å². The SMILES string of the molecule is CCOC(=O)c1cnc(NC2(c3ccccc3)CCNCC2)nc1. The summed E-state index contributed by atoms with van der Waals surface area (Å²) in [5, 5.41) is 6.89. The largest absolute Gasteiger partial charge is 0.462 e. The molecule has 0 saturated carbocycles. The van der Waals surface area contributed by atoms with Gasteiger partial charge in [0.2, 0.25) is 5.95 Å². The lowest BCUT2D eigenvalue weighted by atomic mass is 9.81. The smallest absolute Gasteiger partial charge is 0.341 e. The highest BCUT2D eigenvalue weighted by Crippen LogP contribution is 2.33. The number of nitrogens with zero attached hydrogens (tertiary/aromatic N) is 2. The minimum atomic E-state index is -0.399. The van der Waals surface area contributed by atoms with Crippen LogP contribution in [0.15, 0.2) is 42.7 Å². The topological polar surface area (TPSA) is 76.1 Å². The van der Waals surface area contributed by atoms with Gasteiger partial charge in [-0.1, -0.05) is 30.3 Å². The summed E-state index contributed by atoms with van der Waals surface area (Å²) in [6.07, 6.45) is 4.90. The molecule has 0 aliphatic carbocycles. The van der Waals surface area contributed by atoms with E-state index < -0.39 is 5.97 Å². The van der Waals surface area contributed by atoms with Gasteiger partial charge in [-0.3, -0.25) is 0 Å². The first-order valence-electron chi connectivity index (χ1n) is 8.27. The Balaban J connectivity index is 1.82. The predicted molar refractivity (Wildman–Crippen MR) is 91.8 cm³/mol. The van der Waals surface area contributed by atoms with Gasteiger partial charge in [-0.05, 0) is 38.4 Å². The maximum Gasteiger partial charge on any atom is 0.341 e. The van der Waals surface area contributed by atoms with Gasteiger partial charge in [0.1, 0.15) is 0 Å². The van der Waals surface area contributed by atoms with Gasteiger partial charge in [0, 0.05) is 12.4 Å². The molecule has 0 radical (unpaired) electrons. The van der Waals surface area contributed by atoms with Crippen molar-refractivity contribution in [2.45, 2.75) is 25.3 Å². The van der Waals surface area contributed by atoms with Crippen molar-refractivity contribution in [3.8, 4) is 0 Å². The minimum Gasteiger partial charge on any atom is -0.462 e. The quantitative estimate of drug-likeness (QED) is 0.822. The lowest BCUT2D eigenvalue weighted by molar-refractivity contribution is 0.0525. The van der Waals surface area contributed by atoms with Crippen molar-refractivity contribution in [3.63, 3.8) is 0 Å². The minimum absolute atomic E-state index is 0.196. The third-order valence-corrected chi connectivity index (χ3v) is 4.30. The van der Waals surface area contributed by atoms with Crippen molar-refractivity contribution in [1.29, 1.82) is 0 Å². The van der Waals surface area contributed by atoms with Gasteiger partial charge in [-0.25, -0.2) is 14.8 Å². The van der Waals surface area contributed by atoms with Crippen molar-refractivity contribution >= 4 is 11.9 Å². The molecule has 0 bridgehead atoms. The Kier molecular flexibility index (Phi) is 5.05. The number of aromatic nitrogens is 2. The molecule has 1 saturated heterocycles. The fraction of sp³-hybridized carbons (Fsp3) is 0.389. The molecule has 6 heteroatoms. The van der Waals surface area contributed by atoms with Gasteiger partial charge in [0.05, 0.1) is 17.7 Å². The highest BCUT2D eigenvalue weighted by molar-refractivity contribution is 5.88. The van der Waals surface area contributed by atoms with Gasteiger partial charge >= 0.3 is 5.97 Å². The summed E-state index contributed by atoms with van der Waals surface area (Å²) >= 11 is 0. The van der Waals surface area contributed by atoms with Crippen LogP contribution in [-0.2, 0) is 10.3 Å². The van der Waals surface area contributed by atoms with Crippen LogP contribution in [0.25, 0.3) is 0 Å². The maximum absolute atomic E-state index is 11.7. The first-order chi connectivity index (χ1) is 11.7. The molecule has 0 atom stereocenters. The second kappa shape index (κ2) is 7.40. The molecule has 24 heavy (non-hydrogen) atoms. The molecule has 0 spiro atoms. The summed E-state index contributed by atoms with van der Waals surface area (Å²) in [5.41, 5.74) is 1.39. The normalized spacial score (nSPS) is 16.4. The summed E-state index contributed by atoms with van der Waals surface area (Å²) in [6.45, 7) is 3.98. The Morgan fingerprint density at radius 3 is 2.50 bits per heavy atom. The van der Waals surface area contributed by atoms with Crippen LogP contribution >= 0.6 is 0 Å². The third-order valence-electron chi connectivity index (χ3n) is 4.30. The number of carbonyl (C=O) groups excluding carboxylic acids is 1. The van der Waals surface area contributed by atoms with Crippen LogP contribution < -0.4 is 10.6 Å². The summed E-state index contributed by atoms with van der Waals surface area (Å²) in [7, 11) is 0. The third kappa shape index (κ3) is 3.54. The van der Waals surface area contributed by atoms with Crippen LogP contribution in [0.4, 0.5) is 5.95 Å². The van der Waals surface area contributed by atoms with Crippen LogP contribution in [-0.4, -0.2) is 35.6 Å². The molecule has 1 aliphatic heterocycles. The second-order valence-corrected chi connectivity index (χ2v) is 5.84.